The highest BCUT2D eigenvalue weighted by atomic mass is 16.5. The highest BCUT2D eigenvalue weighted by Gasteiger charge is 2.21. The van der Waals surface area contributed by atoms with Crippen molar-refractivity contribution in [3.63, 3.8) is 0 Å². The van der Waals surface area contributed by atoms with Crippen molar-refractivity contribution in [2.45, 2.75) is 32.2 Å². The summed E-state index contributed by atoms with van der Waals surface area (Å²) in [4.78, 5) is 7.47. The third-order valence-corrected chi connectivity index (χ3v) is 5.19. The number of ether oxygens (including phenoxy) is 1. The molecule has 1 fully saturated rings. The van der Waals surface area contributed by atoms with Crippen molar-refractivity contribution < 1.29 is 4.74 Å². The molecule has 3 heteroatoms. The van der Waals surface area contributed by atoms with Gasteiger partial charge in [0.05, 0.1) is 18.3 Å². The molecule has 4 rings (SSSR count). The second kappa shape index (κ2) is 6.75. The van der Waals surface area contributed by atoms with Gasteiger partial charge in [0, 0.05) is 29.2 Å². The number of aromatic nitrogens is 1. The van der Waals surface area contributed by atoms with Crippen LogP contribution in [0.1, 0.15) is 26.2 Å². The SMILES string of the molecule is COc1ccc(-c2cc(N3CCCC[C@H]3C)c3ccccc3n2)cc1. The summed E-state index contributed by atoms with van der Waals surface area (Å²) in [6.45, 7) is 3.46. The predicted octanol–water partition coefficient (Wildman–Crippen LogP) is 5.29. The van der Waals surface area contributed by atoms with Crippen LogP contribution in [-0.4, -0.2) is 24.7 Å². The molecule has 0 aliphatic carbocycles. The molecule has 0 spiro atoms. The van der Waals surface area contributed by atoms with Gasteiger partial charge in [0.1, 0.15) is 5.75 Å². The van der Waals surface area contributed by atoms with Crippen LogP contribution in [0.5, 0.6) is 5.75 Å². The summed E-state index contributed by atoms with van der Waals surface area (Å²) < 4.78 is 5.28. The molecule has 1 atom stereocenters. The minimum Gasteiger partial charge on any atom is -0.497 e. The standard InChI is InChI=1S/C22H24N2O/c1-16-7-5-6-14-24(16)22-15-21(17-10-12-18(25-2)13-11-17)23-20-9-4-3-8-19(20)22/h3-4,8-13,15-16H,5-7,14H2,1-2H3/t16-/m1/s1. The van der Waals surface area contributed by atoms with Gasteiger partial charge in [-0.25, -0.2) is 4.98 Å². The number of pyridine rings is 1. The molecule has 3 nitrogen and oxygen atoms in total. The average molecular weight is 332 g/mol. The maximum Gasteiger partial charge on any atom is 0.118 e. The molecule has 3 aromatic rings. The number of hydrogen-bond acceptors (Lipinski definition) is 3. The maximum atomic E-state index is 5.28. The van der Waals surface area contributed by atoms with Gasteiger partial charge in [-0.15, -0.1) is 0 Å². The van der Waals surface area contributed by atoms with Crippen LogP contribution >= 0.6 is 0 Å². The summed E-state index contributed by atoms with van der Waals surface area (Å²) in [5.41, 5.74) is 4.51. The largest absolute Gasteiger partial charge is 0.497 e. The number of nitrogens with zero attached hydrogens (tertiary/aromatic N) is 2. The molecule has 1 aliphatic heterocycles. The van der Waals surface area contributed by atoms with Gasteiger partial charge in [0.15, 0.2) is 0 Å². The van der Waals surface area contributed by atoms with E-state index in [0.29, 0.717) is 6.04 Å². The second-order valence-electron chi connectivity index (χ2n) is 6.81. The van der Waals surface area contributed by atoms with Crippen molar-refractivity contribution in [1.82, 2.24) is 4.98 Å². The van der Waals surface area contributed by atoms with Crippen LogP contribution in [0.2, 0.25) is 0 Å². The first-order valence-corrected chi connectivity index (χ1v) is 9.07. The van der Waals surface area contributed by atoms with Gasteiger partial charge in [0.25, 0.3) is 0 Å². The zero-order valence-electron chi connectivity index (χ0n) is 14.9. The smallest absolute Gasteiger partial charge is 0.118 e. The third kappa shape index (κ3) is 3.07. The number of fused-ring (bicyclic) bond motifs is 1. The van der Waals surface area contributed by atoms with E-state index in [1.54, 1.807) is 7.11 Å². The predicted molar refractivity (Wildman–Crippen MR) is 104 cm³/mol. The van der Waals surface area contributed by atoms with Gasteiger partial charge >= 0.3 is 0 Å². The van der Waals surface area contributed by atoms with Crippen LogP contribution < -0.4 is 9.64 Å². The maximum absolute atomic E-state index is 5.28. The number of para-hydroxylation sites is 1. The zero-order chi connectivity index (χ0) is 17.2. The number of anilines is 1. The Bertz CT molecular complexity index is 873. The molecule has 2 aromatic carbocycles. The topological polar surface area (TPSA) is 25.4 Å². The van der Waals surface area contributed by atoms with E-state index in [1.165, 1.54) is 30.3 Å². The first-order chi connectivity index (χ1) is 12.3. The number of piperidine rings is 1. The molecule has 0 N–H and O–H groups in total. The van der Waals surface area contributed by atoms with Gasteiger partial charge < -0.3 is 9.64 Å². The molecule has 1 aromatic heterocycles. The van der Waals surface area contributed by atoms with Crippen LogP contribution in [0.15, 0.2) is 54.6 Å². The lowest BCUT2D eigenvalue weighted by Gasteiger charge is -2.36. The molecule has 128 valence electrons. The van der Waals surface area contributed by atoms with Crippen molar-refractivity contribution in [1.29, 1.82) is 0 Å². The summed E-state index contributed by atoms with van der Waals surface area (Å²) in [6.07, 6.45) is 3.85. The zero-order valence-corrected chi connectivity index (χ0v) is 14.9. The van der Waals surface area contributed by atoms with E-state index in [1.807, 2.05) is 12.1 Å². The van der Waals surface area contributed by atoms with Crippen LogP contribution in [0.3, 0.4) is 0 Å². The number of benzene rings is 2. The summed E-state index contributed by atoms with van der Waals surface area (Å²) in [6, 6.07) is 19.5. The van der Waals surface area contributed by atoms with Gasteiger partial charge in [-0.05, 0) is 62.6 Å². The Morgan fingerprint density at radius 1 is 1.04 bits per heavy atom. The third-order valence-electron chi connectivity index (χ3n) is 5.19. The Hall–Kier alpha value is -2.55. The van der Waals surface area contributed by atoms with E-state index in [0.717, 1.165) is 29.1 Å². The molecule has 0 bridgehead atoms. The molecule has 2 heterocycles. The Kier molecular flexibility index (Phi) is 4.31. The van der Waals surface area contributed by atoms with E-state index >= 15 is 0 Å². The fourth-order valence-corrected chi connectivity index (χ4v) is 3.76. The molecule has 0 unspecified atom stereocenters. The molecule has 0 saturated carbocycles. The van der Waals surface area contributed by atoms with Crippen molar-refractivity contribution in [2.75, 3.05) is 18.6 Å². The first-order valence-electron chi connectivity index (χ1n) is 9.07. The minimum absolute atomic E-state index is 0.572. The molecular formula is C22H24N2O. The van der Waals surface area contributed by atoms with Crippen molar-refractivity contribution in [2.24, 2.45) is 0 Å². The van der Waals surface area contributed by atoms with Crippen LogP contribution in [-0.2, 0) is 0 Å². The van der Waals surface area contributed by atoms with E-state index in [-0.39, 0.29) is 0 Å². The summed E-state index contributed by atoms with van der Waals surface area (Å²) in [5.74, 6) is 0.870. The van der Waals surface area contributed by atoms with Crippen molar-refractivity contribution in [3.8, 4) is 17.0 Å². The summed E-state index contributed by atoms with van der Waals surface area (Å²) >= 11 is 0. The second-order valence-corrected chi connectivity index (χ2v) is 6.81. The Balaban J connectivity index is 1.85. The fourth-order valence-electron chi connectivity index (χ4n) is 3.76. The summed E-state index contributed by atoms with van der Waals surface area (Å²) in [5, 5.41) is 1.24. The van der Waals surface area contributed by atoms with Crippen LogP contribution in [0, 0.1) is 0 Å². The van der Waals surface area contributed by atoms with Gasteiger partial charge in [-0.1, -0.05) is 18.2 Å². The van der Waals surface area contributed by atoms with E-state index in [9.17, 15) is 0 Å². The highest BCUT2D eigenvalue weighted by Crippen LogP contribution is 2.34. The van der Waals surface area contributed by atoms with E-state index in [4.69, 9.17) is 9.72 Å². The fraction of sp³-hybridized carbons (Fsp3) is 0.318. The van der Waals surface area contributed by atoms with Gasteiger partial charge in [-0.2, -0.15) is 0 Å². The number of methoxy groups -OCH3 is 1. The normalized spacial score (nSPS) is 17.7. The number of rotatable bonds is 3. The lowest BCUT2D eigenvalue weighted by atomic mass is 10.0. The van der Waals surface area contributed by atoms with Crippen LogP contribution in [0.4, 0.5) is 5.69 Å². The molecule has 0 radical (unpaired) electrons. The quantitative estimate of drug-likeness (QED) is 0.651. The first kappa shape index (κ1) is 15.9. The molecule has 25 heavy (non-hydrogen) atoms. The molecule has 1 saturated heterocycles. The Morgan fingerprint density at radius 2 is 1.84 bits per heavy atom. The van der Waals surface area contributed by atoms with Gasteiger partial charge in [0.2, 0.25) is 0 Å². The van der Waals surface area contributed by atoms with Crippen LogP contribution in [0.25, 0.3) is 22.2 Å². The number of hydrogen-bond donors (Lipinski definition) is 0. The van der Waals surface area contributed by atoms with Crippen molar-refractivity contribution in [3.05, 3.63) is 54.6 Å². The lowest BCUT2D eigenvalue weighted by Crippen LogP contribution is -2.37. The Labute approximate surface area is 149 Å². The molecule has 0 amide bonds. The minimum atomic E-state index is 0.572. The van der Waals surface area contributed by atoms with Gasteiger partial charge in [-0.3, -0.25) is 0 Å². The average Bonchev–Trinajstić information content (AvgIpc) is 2.68. The Morgan fingerprint density at radius 3 is 2.60 bits per heavy atom. The van der Waals surface area contributed by atoms with E-state index in [2.05, 4.69) is 54.3 Å². The summed E-state index contributed by atoms with van der Waals surface area (Å²) in [7, 11) is 1.69. The lowest BCUT2D eigenvalue weighted by molar-refractivity contribution is 0.415. The molecule has 1 aliphatic rings. The van der Waals surface area contributed by atoms with E-state index < -0.39 is 0 Å². The molecular weight excluding hydrogens is 308 g/mol. The monoisotopic (exact) mass is 332 g/mol. The van der Waals surface area contributed by atoms with Crippen molar-refractivity contribution >= 4 is 16.6 Å². The highest BCUT2D eigenvalue weighted by molar-refractivity contribution is 5.94.